The molecule has 2 nitrogen and oxygen atoms in total. The van der Waals surface area contributed by atoms with Gasteiger partial charge in [0, 0.05) is 25.4 Å². The van der Waals surface area contributed by atoms with Crippen molar-refractivity contribution >= 4 is 11.8 Å². The van der Waals surface area contributed by atoms with Gasteiger partial charge in [0.05, 0.1) is 0 Å². The third-order valence-electron chi connectivity index (χ3n) is 2.97. The van der Waals surface area contributed by atoms with E-state index in [1.165, 1.54) is 44.0 Å². The van der Waals surface area contributed by atoms with Crippen LogP contribution in [0.3, 0.4) is 0 Å². The average Bonchev–Trinajstić information content (AvgIpc) is 2.44. The molecule has 0 aliphatic carbocycles. The molecule has 0 atom stereocenters. The third-order valence-corrected chi connectivity index (χ3v) is 4.02. The van der Waals surface area contributed by atoms with Gasteiger partial charge in [0.25, 0.3) is 0 Å². The van der Waals surface area contributed by atoms with Crippen LogP contribution in [0.4, 0.5) is 0 Å². The Hall–Kier alpha value is 0.270. The summed E-state index contributed by atoms with van der Waals surface area (Å²) in [5.41, 5.74) is 0.465. The monoisotopic (exact) mass is 244 g/mol. The van der Waals surface area contributed by atoms with Crippen LogP contribution in [-0.2, 0) is 0 Å². The Labute approximate surface area is 106 Å². The molecule has 1 aliphatic rings. The molecule has 0 aromatic heterocycles. The summed E-state index contributed by atoms with van der Waals surface area (Å²) in [5, 5.41) is 3.56. The second-order valence-corrected chi connectivity index (χ2v) is 7.09. The lowest BCUT2D eigenvalue weighted by Crippen LogP contribution is -2.34. The van der Waals surface area contributed by atoms with E-state index in [4.69, 9.17) is 0 Å². The predicted octanol–water partition coefficient (Wildman–Crippen LogP) is 2.45. The summed E-state index contributed by atoms with van der Waals surface area (Å²) in [6, 6.07) is 0. The van der Waals surface area contributed by atoms with Gasteiger partial charge in [0.1, 0.15) is 0 Å². The molecule has 0 amide bonds. The summed E-state index contributed by atoms with van der Waals surface area (Å²) in [4.78, 5) is 2.60. The van der Waals surface area contributed by atoms with Crippen molar-refractivity contribution in [1.82, 2.24) is 10.2 Å². The predicted molar refractivity (Wildman–Crippen MR) is 75.3 cm³/mol. The quantitative estimate of drug-likeness (QED) is 0.748. The number of nitrogens with one attached hydrogen (secondary N) is 1. The van der Waals surface area contributed by atoms with Gasteiger partial charge in [-0.25, -0.2) is 0 Å². The summed E-state index contributed by atoms with van der Waals surface area (Å²) < 4.78 is 0. The highest BCUT2D eigenvalue weighted by atomic mass is 32.2. The Bertz CT molecular complexity index is 169. The van der Waals surface area contributed by atoms with Crippen molar-refractivity contribution in [2.75, 3.05) is 44.2 Å². The van der Waals surface area contributed by atoms with Gasteiger partial charge in [-0.1, -0.05) is 20.8 Å². The van der Waals surface area contributed by atoms with Crippen molar-refractivity contribution < 1.29 is 0 Å². The first-order valence-corrected chi connectivity index (χ1v) is 7.74. The lowest BCUT2D eigenvalue weighted by atomic mass is 9.92. The molecular weight excluding hydrogens is 216 g/mol. The lowest BCUT2D eigenvalue weighted by Gasteiger charge is -2.21. The van der Waals surface area contributed by atoms with Crippen molar-refractivity contribution in [3.63, 3.8) is 0 Å². The van der Waals surface area contributed by atoms with Crippen LogP contribution >= 0.6 is 11.8 Å². The standard InChI is InChI=1S/C13H28N2S/c1-13(2,3)5-6-14-7-9-15-8-4-11-16-12-10-15/h14H,4-12H2,1-3H3. The molecule has 0 bridgehead atoms. The normalized spacial score (nSPS) is 19.7. The first kappa shape index (κ1) is 14.3. The van der Waals surface area contributed by atoms with Crippen LogP contribution in [0.1, 0.15) is 33.6 Å². The fourth-order valence-electron chi connectivity index (χ4n) is 1.85. The molecule has 0 aromatic rings. The van der Waals surface area contributed by atoms with E-state index in [2.05, 4.69) is 42.7 Å². The first-order chi connectivity index (χ1) is 7.58. The summed E-state index contributed by atoms with van der Waals surface area (Å²) >= 11 is 2.10. The molecule has 0 spiro atoms. The maximum absolute atomic E-state index is 3.56. The Balaban J connectivity index is 1.97. The highest BCUT2D eigenvalue weighted by Crippen LogP contribution is 2.16. The molecule has 1 aliphatic heterocycles. The number of nitrogens with zero attached hydrogens (tertiary/aromatic N) is 1. The molecule has 1 N–H and O–H groups in total. The van der Waals surface area contributed by atoms with E-state index in [0.717, 1.165) is 13.1 Å². The van der Waals surface area contributed by atoms with E-state index in [9.17, 15) is 0 Å². The number of thioether (sulfide) groups is 1. The molecule has 16 heavy (non-hydrogen) atoms. The smallest absolute Gasteiger partial charge is 0.0107 e. The molecular formula is C13H28N2S. The fraction of sp³-hybridized carbons (Fsp3) is 1.00. The largest absolute Gasteiger partial charge is 0.315 e. The van der Waals surface area contributed by atoms with Gasteiger partial charge in [0.15, 0.2) is 0 Å². The van der Waals surface area contributed by atoms with Crippen LogP contribution in [0.2, 0.25) is 0 Å². The van der Waals surface area contributed by atoms with Crippen LogP contribution in [0.15, 0.2) is 0 Å². The fourth-order valence-corrected chi connectivity index (χ4v) is 2.77. The van der Waals surface area contributed by atoms with Crippen LogP contribution < -0.4 is 5.32 Å². The molecule has 0 aromatic carbocycles. The highest BCUT2D eigenvalue weighted by molar-refractivity contribution is 7.99. The Morgan fingerprint density at radius 2 is 1.94 bits per heavy atom. The minimum atomic E-state index is 0.465. The van der Waals surface area contributed by atoms with Crippen molar-refractivity contribution in [3.8, 4) is 0 Å². The summed E-state index contributed by atoms with van der Waals surface area (Å²) in [5.74, 6) is 2.68. The van der Waals surface area contributed by atoms with Crippen LogP contribution in [0.5, 0.6) is 0 Å². The number of hydrogen-bond donors (Lipinski definition) is 1. The van der Waals surface area contributed by atoms with E-state index in [1.54, 1.807) is 0 Å². The van der Waals surface area contributed by atoms with Gasteiger partial charge in [0.2, 0.25) is 0 Å². The first-order valence-electron chi connectivity index (χ1n) is 6.59. The molecule has 96 valence electrons. The number of rotatable bonds is 5. The van der Waals surface area contributed by atoms with Gasteiger partial charge in [-0.2, -0.15) is 11.8 Å². The molecule has 0 radical (unpaired) electrons. The van der Waals surface area contributed by atoms with Crippen LogP contribution in [0.25, 0.3) is 0 Å². The van der Waals surface area contributed by atoms with E-state index in [-0.39, 0.29) is 0 Å². The third kappa shape index (κ3) is 7.53. The van der Waals surface area contributed by atoms with Gasteiger partial charge in [-0.15, -0.1) is 0 Å². The molecule has 3 heteroatoms. The van der Waals surface area contributed by atoms with Gasteiger partial charge in [-0.3, -0.25) is 0 Å². The average molecular weight is 244 g/mol. The van der Waals surface area contributed by atoms with Crippen molar-refractivity contribution in [1.29, 1.82) is 0 Å². The van der Waals surface area contributed by atoms with Gasteiger partial charge < -0.3 is 10.2 Å². The van der Waals surface area contributed by atoms with Crippen molar-refractivity contribution in [2.45, 2.75) is 33.6 Å². The zero-order valence-electron chi connectivity index (χ0n) is 11.2. The molecule has 1 saturated heterocycles. The van der Waals surface area contributed by atoms with E-state index < -0.39 is 0 Å². The molecule has 1 rings (SSSR count). The van der Waals surface area contributed by atoms with E-state index in [1.807, 2.05) is 0 Å². The summed E-state index contributed by atoms with van der Waals surface area (Å²) in [6.07, 6.45) is 2.63. The molecule has 0 unspecified atom stereocenters. The van der Waals surface area contributed by atoms with Crippen LogP contribution in [0, 0.1) is 5.41 Å². The van der Waals surface area contributed by atoms with Gasteiger partial charge in [-0.05, 0) is 37.1 Å². The number of hydrogen-bond acceptors (Lipinski definition) is 3. The lowest BCUT2D eigenvalue weighted by molar-refractivity contribution is 0.289. The highest BCUT2D eigenvalue weighted by Gasteiger charge is 2.10. The van der Waals surface area contributed by atoms with E-state index in [0.29, 0.717) is 5.41 Å². The summed E-state index contributed by atoms with van der Waals surface area (Å²) in [6.45, 7) is 13.0. The van der Waals surface area contributed by atoms with E-state index >= 15 is 0 Å². The SMILES string of the molecule is CC(C)(C)CCNCCN1CCCSCC1. The van der Waals surface area contributed by atoms with Crippen LogP contribution in [-0.4, -0.2) is 49.1 Å². The Morgan fingerprint density at radius 1 is 1.12 bits per heavy atom. The Morgan fingerprint density at radius 3 is 2.69 bits per heavy atom. The maximum atomic E-state index is 3.56. The minimum Gasteiger partial charge on any atom is -0.315 e. The molecule has 1 heterocycles. The topological polar surface area (TPSA) is 15.3 Å². The zero-order chi connectivity index (χ0) is 11.9. The zero-order valence-corrected chi connectivity index (χ0v) is 12.0. The second-order valence-electron chi connectivity index (χ2n) is 5.87. The molecule has 1 fully saturated rings. The maximum Gasteiger partial charge on any atom is 0.0107 e. The van der Waals surface area contributed by atoms with Crippen molar-refractivity contribution in [3.05, 3.63) is 0 Å². The summed E-state index contributed by atoms with van der Waals surface area (Å²) in [7, 11) is 0. The van der Waals surface area contributed by atoms with Gasteiger partial charge >= 0.3 is 0 Å². The van der Waals surface area contributed by atoms with Crippen molar-refractivity contribution in [2.24, 2.45) is 5.41 Å². The minimum absolute atomic E-state index is 0.465. The molecule has 0 saturated carbocycles. The Kier molecular flexibility index (Phi) is 6.78. The second kappa shape index (κ2) is 7.57.